The van der Waals surface area contributed by atoms with Crippen molar-refractivity contribution in [1.82, 2.24) is 9.97 Å². The van der Waals surface area contributed by atoms with Crippen molar-refractivity contribution in [3.63, 3.8) is 0 Å². The fraction of sp³-hybridized carbons (Fsp3) is 0.0526. The number of thiazole rings is 2. The second kappa shape index (κ2) is 5.84. The molecule has 0 N–H and O–H groups in total. The quantitative estimate of drug-likeness (QED) is 0.349. The highest BCUT2D eigenvalue weighted by Crippen LogP contribution is 2.36. The average Bonchev–Trinajstić information content (AvgIpc) is 3.25. The molecule has 0 saturated heterocycles. The molecule has 5 aromatic rings. The average molecular weight is 365 g/mol. The topological polar surface area (TPSA) is 25.8 Å². The summed E-state index contributed by atoms with van der Waals surface area (Å²) < 4.78 is 3.55. The van der Waals surface area contributed by atoms with Gasteiger partial charge in [-0.2, -0.15) is 0 Å². The van der Waals surface area contributed by atoms with E-state index in [4.69, 9.17) is 4.98 Å². The maximum atomic E-state index is 4.77. The second-order valence-corrected chi connectivity index (χ2v) is 8.67. The van der Waals surface area contributed by atoms with Gasteiger partial charge >= 0.3 is 0 Å². The predicted molar refractivity (Wildman–Crippen MR) is 106 cm³/mol. The predicted octanol–water partition coefficient (Wildman–Crippen LogP) is 6.35. The van der Waals surface area contributed by atoms with Crippen LogP contribution in [0.25, 0.3) is 31.2 Å². The molecule has 5 rings (SSSR count). The van der Waals surface area contributed by atoms with Crippen LogP contribution in [0, 0.1) is 0 Å². The van der Waals surface area contributed by atoms with Gasteiger partial charge in [-0.25, -0.2) is 9.97 Å². The van der Waals surface area contributed by atoms with Gasteiger partial charge < -0.3 is 0 Å². The van der Waals surface area contributed by atoms with E-state index < -0.39 is 0 Å². The summed E-state index contributed by atoms with van der Waals surface area (Å²) in [4.78, 5) is 9.26. The molecule has 2 heterocycles. The van der Waals surface area contributed by atoms with E-state index in [1.165, 1.54) is 25.7 Å². The Morgan fingerprint density at radius 2 is 1.88 bits per heavy atom. The fourth-order valence-corrected chi connectivity index (χ4v) is 5.67. The first-order valence-corrected chi connectivity index (χ1v) is 10.3. The lowest BCUT2D eigenvalue weighted by Gasteiger charge is -2.02. The van der Waals surface area contributed by atoms with Crippen molar-refractivity contribution in [2.24, 2.45) is 0 Å². The van der Waals surface area contributed by atoms with E-state index in [-0.39, 0.29) is 0 Å². The Labute approximate surface area is 151 Å². The minimum Gasteiger partial charge on any atom is -0.243 e. The number of benzene rings is 3. The number of nitrogens with zero attached hydrogens (tertiary/aromatic N) is 2. The highest BCUT2D eigenvalue weighted by Gasteiger charge is 2.10. The van der Waals surface area contributed by atoms with E-state index in [9.17, 15) is 0 Å². The number of rotatable bonds is 3. The van der Waals surface area contributed by atoms with Gasteiger partial charge in [0.05, 0.1) is 20.4 Å². The summed E-state index contributed by atoms with van der Waals surface area (Å²) in [6, 6.07) is 19.4. The zero-order valence-corrected chi connectivity index (χ0v) is 15.0. The van der Waals surface area contributed by atoms with Gasteiger partial charge in [-0.3, -0.25) is 0 Å². The molecule has 0 bridgehead atoms. The summed E-state index contributed by atoms with van der Waals surface area (Å²) in [7, 11) is 0. The summed E-state index contributed by atoms with van der Waals surface area (Å²) >= 11 is 5.24. The molecule has 0 unspecified atom stereocenters. The van der Waals surface area contributed by atoms with E-state index in [1.807, 2.05) is 5.51 Å². The SMILES string of the molecule is c1ccc2cc(CSc3nc4ccc5scnc5c4s3)ccc2c1. The van der Waals surface area contributed by atoms with E-state index in [0.717, 1.165) is 21.1 Å². The Morgan fingerprint density at radius 1 is 0.958 bits per heavy atom. The minimum atomic E-state index is 0.935. The molecule has 0 aliphatic heterocycles. The molecule has 5 heteroatoms. The van der Waals surface area contributed by atoms with Crippen LogP contribution in [-0.4, -0.2) is 9.97 Å². The highest BCUT2D eigenvalue weighted by molar-refractivity contribution is 8.00. The zero-order chi connectivity index (χ0) is 15.9. The number of thioether (sulfide) groups is 1. The summed E-state index contributed by atoms with van der Waals surface area (Å²) in [6.45, 7) is 0. The first kappa shape index (κ1) is 14.4. The molecule has 2 aromatic heterocycles. The smallest absolute Gasteiger partial charge is 0.151 e. The lowest BCUT2D eigenvalue weighted by atomic mass is 10.1. The summed E-state index contributed by atoms with van der Waals surface area (Å²) in [5.41, 5.74) is 5.38. The van der Waals surface area contributed by atoms with Crippen LogP contribution in [0.5, 0.6) is 0 Å². The van der Waals surface area contributed by atoms with Gasteiger partial charge in [0, 0.05) is 5.75 Å². The molecule has 24 heavy (non-hydrogen) atoms. The molecular weight excluding hydrogens is 352 g/mol. The van der Waals surface area contributed by atoms with Gasteiger partial charge in [-0.15, -0.1) is 22.7 Å². The third kappa shape index (κ3) is 2.49. The Bertz CT molecular complexity index is 1170. The van der Waals surface area contributed by atoms with E-state index >= 15 is 0 Å². The first-order valence-electron chi connectivity index (χ1n) is 7.60. The highest BCUT2D eigenvalue weighted by atomic mass is 32.2. The summed E-state index contributed by atoms with van der Waals surface area (Å²) in [5.74, 6) is 0.935. The summed E-state index contributed by atoms with van der Waals surface area (Å²) in [6.07, 6.45) is 0. The molecule has 0 spiro atoms. The molecule has 0 atom stereocenters. The standard InChI is InChI=1S/C19H12N2S3/c1-2-4-14-9-12(5-6-13(14)3-1)10-22-19-21-15-7-8-16-17(18(15)24-19)20-11-23-16/h1-9,11H,10H2. The van der Waals surface area contributed by atoms with Gasteiger partial charge in [-0.05, 0) is 28.5 Å². The van der Waals surface area contributed by atoms with Gasteiger partial charge in [0.25, 0.3) is 0 Å². The third-order valence-corrected chi connectivity index (χ3v) is 7.10. The van der Waals surface area contributed by atoms with Crippen LogP contribution < -0.4 is 0 Å². The number of hydrogen-bond acceptors (Lipinski definition) is 5. The summed E-state index contributed by atoms with van der Waals surface area (Å²) in [5, 5.41) is 2.58. The fourth-order valence-electron chi connectivity index (χ4n) is 2.83. The monoisotopic (exact) mass is 364 g/mol. The largest absolute Gasteiger partial charge is 0.243 e. The Balaban J connectivity index is 1.45. The molecule has 0 amide bonds. The number of hydrogen-bond donors (Lipinski definition) is 0. The van der Waals surface area contributed by atoms with Crippen LogP contribution in [0.15, 0.2) is 64.4 Å². The van der Waals surface area contributed by atoms with Crippen LogP contribution in [0.4, 0.5) is 0 Å². The molecule has 2 nitrogen and oxygen atoms in total. The van der Waals surface area contributed by atoms with Crippen LogP contribution in [0.3, 0.4) is 0 Å². The maximum Gasteiger partial charge on any atom is 0.151 e. The molecule has 116 valence electrons. The number of fused-ring (bicyclic) bond motifs is 4. The van der Waals surface area contributed by atoms with Gasteiger partial charge in [0.2, 0.25) is 0 Å². The van der Waals surface area contributed by atoms with Crippen molar-refractivity contribution in [2.75, 3.05) is 0 Å². The Morgan fingerprint density at radius 3 is 2.83 bits per heavy atom. The lowest BCUT2D eigenvalue weighted by molar-refractivity contribution is 1.29. The molecule has 0 aliphatic carbocycles. The Hall–Kier alpha value is -1.95. The van der Waals surface area contributed by atoms with E-state index in [2.05, 4.69) is 59.6 Å². The normalized spacial score (nSPS) is 11.7. The van der Waals surface area contributed by atoms with Crippen molar-refractivity contribution >= 4 is 65.6 Å². The van der Waals surface area contributed by atoms with Crippen molar-refractivity contribution in [2.45, 2.75) is 10.1 Å². The molecule has 0 saturated carbocycles. The van der Waals surface area contributed by atoms with Crippen LogP contribution >= 0.6 is 34.4 Å². The van der Waals surface area contributed by atoms with E-state index in [1.54, 1.807) is 34.4 Å². The van der Waals surface area contributed by atoms with Crippen molar-refractivity contribution in [1.29, 1.82) is 0 Å². The Kier molecular flexibility index (Phi) is 3.51. The molecular formula is C19H12N2S3. The van der Waals surface area contributed by atoms with Crippen molar-refractivity contribution < 1.29 is 0 Å². The lowest BCUT2D eigenvalue weighted by Crippen LogP contribution is -1.81. The zero-order valence-electron chi connectivity index (χ0n) is 12.6. The molecule has 0 aliphatic rings. The molecule has 0 fully saturated rings. The van der Waals surface area contributed by atoms with Gasteiger partial charge in [0.1, 0.15) is 5.52 Å². The molecule has 3 aromatic carbocycles. The van der Waals surface area contributed by atoms with Crippen LogP contribution in [-0.2, 0) is 5.75 Å². The van der Waals surface area contributed by atoms with Crippen molar-refractivity contribution in [3.8, 4) is 0 Å². The van der Waals surface area contributed by atoms with Crippen molar-refractivity contribution in [3.05, 3.63) is 65.7 Å². The third-order valence-electron chi connectivity index (χ3n) is 4.01. The molecule has 0 radical (unpaired) electrons. The van der Waals surface area contributed by atoms with Gasteiger partial charge in [-0.1, -0.05) is 54.2 Å². The van der Waals surface area contributed by atoms with Crippen LogP contribution in [0.2, 0.25) is 0 Å². The maximum absolute atomic E-state index is 4.77. The number of aromatic nitrogens is 2. The van der Waals surface area contributed by atoms with Crippen LogP contribution in [0.1, 0.15) is 5.56 Å². The minimum absolute atomic E-state index is 0.935. The first-order chi connectivity index (χ1) is 11.9. The van der Waals surface area contributed by atoms with Gasteiger partial charge in [0.15, 0.2) is 4.34 Å². The second-order valence-electron chi connectivity index (χ2n) is 5.56. The van der Waals surface area contributed by atoms with E-state index in [0.29, 0.717) is 0 Å².